The van der Waals surface area contributed by atoms with Gasteiger partial charge >= 0.3 is 5.97 Å². The molecule has 1 aliphatic heterocycles. The second kappa shape index (κ2) is 15.2. The quantitative estimate of drug-likeness (QED) is 0.483. The van der Waals surface area contributed by atoms with Crippen LogP contribution in [0.3, 0.4) is 0 Å². The van der Waals surface area contributed by atoms with E-state index < -0.39 is 12.0 Å². The summed E-state index contributed by atoms with van der Waals surface area (Å²) in [5.74, 6) is -0.570. The molecule has 2 aromatic rings. The molecule has 0 radical (unpaired) electrons. The van der Waals surface area contributed by atoms with E-state index in [1.165, 1.54) is 0 Å². The lowest BCUT2D eigenvalue weighted by molar-refractivity contribution is -0.0177. The summed E-state index contributed by atoms with van der Waals surface area (Å²) >= 11 is 0. The highest BCUT2D eigenvalue weighted by Crippen LogP contribution is 2.29. The summed E-state index contributed by atoms with van der Waals surface area (Å²) in [4.78, 5) is 31.2. The van der Waals surface area contributed by atoms with Gasteiger partial charge in [-0.15, -0.1) is 0 Å². The van der Waals surface area contributed by atoms with Gasteiger partial charge in [-0.2, -0.15) is 0 Å². The second-order valence-electron chi connectivity index (χ2n) is 11.6. The third-order valence-electron chi connectivity index (χ3n) is 7.70. The monoisotopic (exact) mass is 569 g/mol. The maximum Gasteiger partial charge on any atom is 0.335 e. The molecule has 0 aromatic heterocycles. The summed E-state index contributed by atoms with van der Waals surface area (Å²) in [6.07, 6.45) is 2.48. The molecule has 4 atom stereocenters. The average Bonchev–Trinajstić information content (AvgIpc) is 2.94. The van der Waals surface area contributed by atoms with E-state index in [1.807, 2.05) is 70.2 Å². The molecule has 0 aliphatic carbocycles. The van der Waals surface area contributed by atoms with Gasteiger partial charge in [0.2, 0.25) is 0 Å². The number of ether oxygens (including phenoxy) is 2. The Labute approximate surface area is 244 Å². The van der Waals surface area contributed by atoms with Crippen molar-refractivity contribution < 1.29 is 29.3 Å². The smallest absolute Gasteiger partial charge is 0.335 e. The zero-order valence-corrected chi connectivity index (χ0v) is 25.4. The number of benzene rings is 2. The molecule has 2 N–H and O–H groups in total. The SMILES string of the molecule is C[C@@H]1CCCCO[C@@H](CN(C)Cc2ccc(C(=O)O)cc2)[C@H](C)CN([C@@H](C)CO)C(=O)c2cc(N(C)C)ccc2O1. The van der Waals surface area contributed by atoms with Crippen LogP contribution in [0.25, 0.3) is 0 Å². The molecule has 226 valence electrons. The first-order valence-corrected chi connectivity index (χ1v) is 14.5. The summed E-state index contributed by atoms with van der Waals surface area (Å²) in [7, 11) is 5.89. The Balaban J connectivity index is 1.87. The van der Waals surface area contributed by atoms with E-state index in [4.69, 9.17) is 9.47 Å². The number of hydrogen-bond acceptors (Lipinski definition) is 7. The number of nitrogens with zero attached hydrogens (tertiary/aromatic N) is 3. The van der Waals surface area contributed by atoms with Gasteiger partial charge in [-0.1, -0.05) is 19.1 Å². The number of carboxylic acids is 1. The van der Waals surface area contributed by atoms with Gasteiger partial charge in [0.05, 0.1) is 36.0 Å². The van der Waals surface area contributed by atoms with Crippen LogP contribution < -0.4 is 9.64 Å². The number of fused-ring (bicyclic) bond motifs is 1. The number of anilines is 1. The van der Waals surface area contributed by atoms with Crippen LogP contribution >= 0.6 is 0 Å². The molecule has 9 nitrogen and oxygen atoms in total. The van der Waals surface area contributed by atoms with Crippen LogP contribution in [-0.2, 0) is 11.3 Å². The van der Waals surface area contributed by atoms with Crippen LogP contribution in [0, 0.1) is 5.92 Å². The number of amides is 1. The lowest BCUT2D eigenvalue weighted by Crippen LogP contribution is -2.47. The molecular formula is C32H47N3O6. The molecule has 3 rings (SSSR count). The zero-order chi connectivity index (χ0) is 30.1. The molecule has 1 aliphatic rings. The predicted molar refractivity (Wildman–Crippen MR) is 161 cm³/mol. The molecule has 2 aromatic carbocycles. The highest BCUT2D eigenvalue weighted by Gasteiger charge is 2.30. The normalized spacial score (nSPS) is 21.5. The Bertz CT molecular complexity index is 1140. The minimum absolute atomic E-state index is 0.0203. The summed E-state index contributed by atoms with van der Waals surface area (Å²) in [5, 5.41) is 19.3. The number of hydrogen-bond donors (Lipinski definition) is 2. The Kier molecular flexibility index (Phi) is 12.0. The van der Waals surface area contributed by atoms with Crippen molar-refractivity contribution >= 4 is 17.6 Å². The van der Waals surface area contributed by atoms with Crippen molar-refractivity contribution in [1.29, 1.82) is 0 Å². The highest BCUT2D eigenvalue weighted by molar-refractivity contribution is 5.98. The Morgan fingerprint density at radius 1 is 1.10 bits per heavy atom. The third kappa shape index (κ3) is 9.18. The first-order valence-electron chi connectivity index (χ1n) is 14.5. The van der Waals surface area contributed by atoms with Crippen LogP contribution in [0.2, 0.25) is 0 Å². The molecular weight excluding hydrogens is 522 g/mol. The number of aliphatic hydroxyl groups is 1. The minimum atomic E-state index is -0.940. The van der Waals surface area contributed by atoms with E-state index >= 15 is 0 Å². The van der Waals surface area contributed by atoms with Crippen LogP contribution in [0.5, 0.6) is 5.75 Å². The molecule has 1 heterocycles. The van der Waals surface area contributed by atoms with Crippen LogP contribution in [0.15, 0.2) is 42.5 Å². The second-order valence-corrected chi connectivity index (χ2v) is 11.6. The van der Waals surface area contributed by atoms with Crippen molar-refractivity contribution in [3.8, 4) is 5.75 Å². The van der Waals surface area contributed by atoms with Gasteiger partial charge < -0.3 is 29.5 Å². The van der Waals surface area contributed by atoms with E-state index in [1.54, 1.807) is 17.0 Å². The molecule has 0 fully saturated rings. The maximum atomic E-state index is 14.1. The van der Waals surface area contributed by atoms with Crippen molar-refractivity contribution in [3.63, 3.8) is 0 Å². The third-order valence-corrected chi connectivity index (χ3v) is 7.70. The molecule has 0 spiro atoms. The summed E-state index contributed by atoms with van der Waals surface area (Å²) < 4.78 is 12.7. The highest BCUT2D eigenvalue weighted by atomic mass is 16.5. The predicted octanol–water partition coefficient (Wildman–Crippen LogP) is 4.38. The molecule has 0 unspecified atom stereocenters. The van der Waals surface area contributed by atoms with Gasteiger partial charge in [0.1, 0.15) is 5.75 Å². The van der Waals surface area contributed by atoms with Gasteiger partial charge in [0.15, 0.2) is 0 Å². The van der Waals surface area contributed by atoms with Crippen LogP contribution in [-0.4, -0.2) is 97.6 Å². The van der Waals surface area contributed by atoms with Gasteiger partial charge in [-0.05, 0) is 76.1 Å². The fourth-order valence-electron chi connectivity index (χ4n) is 5.09. The van der Waals surface area contributed by atoms with Gasteiger partial charge in [0, 0.05) is 51.9 Å². The first-order chi connectivity index (χ1) is 19.5. The molecule has 0 saturated heterocycles. The van der Waals surface area contributed by atoms with Crippen molar-refractivity contribution in [1.82, 2.24) is 9.80 Å². The molecule has 0 bridgehead atoms. The number of carbonyl (C=O) groups is 2. The fraction of sp³-hybridized carbons (Fsp3) is 0.562. The van der Waals surface area contributed by atoms with Crippen molar-refractivity contribution in [2.75, 3.05) is 52.3 Å². The standard InChI is InChI=1S/C32H47N3O6/c1-22-18-35(23(2)21-36)31(37)28-17-27(33(4)5)14-15-29(28)41-24(3)9-7-8-16-40-30(22)20-34(6)19-25-10-12-26(13-11-25)32(38)39/h10-15,17,22-24,30,36H,7-9,16,18-21H2,1-6H3,(H,38,39)/t22-,23+,24-,30+/m1/s1. The topological polar surface area (TPSA) is 103 Å². The number of likely N-dealkylation sites (N-methyl/N-ethyl adjacent to an activating group) is 1. The van der Waals surface area contributed by atoms with Crippen molar-refractivity contribution in [2.45, 2.75) is 64.8 Å². The lowest BCUT2D eigenvalue weighted by Gasteiger charge is -2.36. The number of aromatic carboxylic acids is 1. The van der Waals surface area contributed by atoms with E-state index in [-0.39, 0.29) is 36.2 Å². The maximum absolute atomic E-state index is 14.1. The molecule has 0 saturated carbocycles. The van der Waals surface area contributed by atoms with E-state index in [2.05, 4.69) is 11.8 Å². The zero-order valence-electron chi connectivity index (χ0n) is 25.4. The number of carboxylic acid groups (broad SMARTS) is 1. The Morgan fingerprint density at radius 3 is 2.44 bits per heavy atom. The number of carbonyl (C=O) groups excluding carboxylic acids is 1. The van der Waals surface area contributed by atoms with Crippen LogP contribution in [0.4, 0.5) is 5.69 Å². The largest absolute Gasteiger partial charge is 0.490 e. The summed E-state index contributed by atoms with van der Waals surface area (Å²) in [6.45, 7) is 8.11. The Morgan fingerprint density at radius 2 is 1.80 bits per heavy atom. The van der Waals surface area contributed by atoms with Gasteiger partial charge in [-0.3, -0.25) is 9.69 Å². The fourth-order valence-corrected chi connectivity index (χ4v) is 5.09. The average molecular weight is 570 g/mol. The summed E-state index contributed by atoms with van der Waals surface area (Å²) in [5.41, 5.74) is 2.67. The molecule has 41 heavy (non-hydrogen) atoms. The number of rotatable bonds is 8. The Hall–Kier alpha value is -3.14. The van der Waals surface area contributed by atoms with Crippen LogP contribution in [0.1, 0.15) is 66.3 Å². The van der Waals surface area contributed by atoms with E-state index in [0.29, 0.717) is 37.6 Å². The molecule has 9 heteroatoms. The molecule has 1 amide bonds. The van der Waals surface area contributed by atoms with Gasteiger partial charge in [0.25, 0.3) is 5.91 Å². The minimum Gasteiger partial charge on any atom is -0.490 e. The van der Waals surface area contributed by atoms with E-state index in [9.17, 15) is 19.8 Å². The number of aliphatic hydroxyl groups excluding tert-OH is 1. The lowest BCUT2D eigenvalue weighted by atomic mass is 10.0. The van der Waals surface area contributed by atoms with Crippen molar-refractivity contribution in [2.24, 2.45) is 5.92 Å². The summed E-state index contributed by atoms with van der Waals surface area (Å²) in [6, 6.07) is 12.2. The van der Waals surface area contributed by atoms with Crippen molar-refractivity contribution in [3.05, 3.63) is 59.2 Å². The van der Waals surface area contributed by atoms with E-state index in [0.717, 1.165) is 30.5 Å². The first kappa shape index (κ1) is 32.4. The van der Waals surface area contributed by atoms with Gasteiger partial charge in [-0.25, -0.2) is 4.79 Å².